The number of nitrogens with two attached hydrogens (primary N) is 1. The minimum Gasteiger partial charge on any atom is -0.399 e. The largest absolute Gasteiger partial charge is 0.399 e. The van der Waals surface area contributed by atoms with Gasteiger partial charge in [0.25, 0.3) is 0 Å². The first-order chi connectivity index (χ1) is 7.06. The fourth-order valence-electron chi connectivity index (χ4n) is 1.51. The normalized spacial score (nSPS) is 12.2. The molecule has 0 radical (unpaired) electrons. The van der Waals surface area contributed by atoms with Gasteiger partial charge in [-0.2, -0.15) is 0 Å². The van der Waals surface area contributed by atoms with Crippen LogP contribution in [0.3, 0.4) is 0 Å². The van der Waals surface area contributed by atoms with Gasteiger partial charge in [-0.25, -0.2) is 0 Å². The molecule has 82 valence electrons. The fourth-order valence-corrected chi connectivity index (χ4v) is 1.51. The van der Waals surface area contributed by atoms with Crippen molar-refractivity contribution in [2.24, 2.45) is 0 Å². The topological polar surface area (TPSA) is 46.3 Å². The predicted molar refractivity (Wildman–Crippen MR) is 62.3 cm³/mol. The van der Waals surface area contributed by atoms with Gasteiger partial charge in [-0.1, -0.05) is 19.1 Å². The summed E-state index contributed by atoms with van der Waals surface area (Å²) in [6.45, 7) is 3.87. The van der Waals surface area contributed by atoms with Crippen LogP contribution in [-0.4, -0.2) is 17.9 Å². The van der Waals surface area contributed by atoms with E-state index >= 15 is 0 Å². The van der Waals surface area contributed by atoms with Crippen molar-refractivity contribution in [3.63, 3.8) is 0 Å². The minimum absolute atomic E-state index is 0.0703. The van der Waals surface area contributed by atoms with Crippen LogP contribution in [-0.2, 0) is 4.79 Å². The molecule has 1 aromatic carbocycles. The lowest BCUT2D eigenvalue weighted by Gasteiger charge is -2.25. The van der Waals surface area contributed by atoms with Crippen molar-refractivity contribution in [3.05, 3.63) is 29.8 Å². The Kier molecular flexibility index (Phi) is 3.72. The van der Waals surface area contributed by atoms with Crippen LogP contribution in [0.1, 0.15) is 31.9 Å². The SMILES string of the molecule is CCC(=O)N(C)C(C)c1cccc(N)c1. The van der Waals surface area contributed by atoms with E-state index in [1.165, 1.54) is 0 Å². The summed E-state index contributed by atoms with van der Waals surface area (Å²) < 4.78 is 0. The van der Waals surface area contributed by atoms with Crippen LogP contribution in [0.5, 0.6) is 0 Å². The third-order valence-electron chi connectivity index (χ3n) is 2.67. The number of amides is 1. The molecule has 0 saturated carbocycles. The smallest absolute Gasteiger partial charge is 0.222 e. The highest BCUT2D eigenvalue weighted by atomic mass is 16.2. The molecule has 0 aliphatic carbocycles. The fraction of sp³-hybridized carbons (Fsp3) is 0.417. The van der Waals surface area contributed by atoms with Gasteiger partial charge in [-0.15, -0.1) is 0 Å². The lowest BCUT2D eigenvalue weighted by Crippen LogP contribution is -2.28. The number of hydrogen-bond acceptors (Lipinski definition) is 2. The summed E-state index contributed by atoms with van der Waals surface area (Å²) in [4.78, 5) is 13.3. The van der Waals surface area contributed by atoms with Crippen molar-refractivity contribution in [2.45, 2.75) is 26.3 Å². The van der Waals surface area contributed by atoms with E-state index in [9.17, 15) is 4.79 Å². The number of anilines is 1. The molecule has 0 heterocycles. The van der Waals surface area contributed by atoms with Crippen molar-refractivity contribution in [2.75, 3.05) is 12.8 Å². The minimum atomic E-state index is 0.0703. The van der Waals surface area contributed by atoms with Crippen molar-refractivity contribution in [1.29, 1.82) is 0 Å². The highest BCUT2D eigenvalue weighted by Gasteiger charge is 2.15. The van der Waals surface area contributed by atoms with Crippen LogP contribution in [0.15, 0.2) is 24.3 Å². The lowest BCUT2D eigenvalue weighted by molar-refractivity contribution is -0.131. The second kappa shape index (κ2) is 4.82. The first-order valence-electron chi connectivity index (χ1n) is 5.17. The number of carbonyl (C=O) groups is 1. The molecule has 1 aromatic rings. The third-order valence-corrected chi connectivity index (χ3v) is 2.67. The molecule has 3 heteroatoms. The Morgan fingerprint density at radius 1 is 1.53 bits per heavy atom. The molecule has 0 fully saturated rings. The van der Waals surface area contributed by atoms with E-state index in [0.717, 1.165) is 11.3 Å². The lowest BCUT2D eigenvalue weighted by atomic mass is 10.1. The zero-order valence-electron chi connectivity index (χ0n) is 9.53. The second-order valence-electron chi connectivity index (χ2n) is 3.70. The maximum Gasteiger partial charge on any atom is 0.222 e. The summed E-state index contributed by atoms with van der Waals surface area (Å²) >= 11 is 0. The Morgan fingerprint density at radius 3 is 2.73 bits per heavy atom. The zero-order valence-corrected chi connectivity index (χ0v) is 9.53. The number of benzene rings is 1. The number of rotatable bonds is 3. The van der Waals surface area contributed by atoms with Gasteiger partial charge in [0.2, 0.25) is 5.91 Å². The number of carbonyl (C=O) groups excluding carboxylic acids is 1. The first kappa shape index (κ1) is 11.6. The van der Waals surface area contributed by atoms with Crippen LogP contribution in [0.2, 0.25) is 0 Å². The van der Waals surface area contributed by atoms with Crippen LogP contribution < -0.4 is 5.73 Å². The molecule has 0 bridgehead atoms. The summed E-state index contributed by atoms with van der Waals surface area (Å²) in [5.41, 5.74) is 7.50. The molecule has 1 amide bonds. The Labute approximate surface area is 90.9 Å². The van der Waals surface area contributed by atoms with Crippen molar-refractivity contribution in [3.8, 4) is 0 Å². The highest BCUT2D eigenvalue weighted by molar-refractivity contribution is 5.76. The molecular weight excluding hydrogens is 188 g/mol. The monoisotopic (exact) mass is 206 g/mol. The molecule has 0 aliphatic rings. The average molecular weight is 206 g/mol. The molecule has 1 atom stereocenters. The summed E-state index contributed by atoms with van der Waals surface area (Å²) in [6, 6.07) is 7.72. The summed E-state index contributed by atoms with van der Waals surface area (Å²) in [7, 11) is 1.82. The van der Waals surface area contributed by atoms with E-state index < -0.39 is 0 Å². The molecule has 1 unspecified atom stereocenters. The van der Waals surface area contributed by atoms with Gasteiger partial charge in [-0.05, 0) is 24.6 Å². The predicted octanol–water partition coefficient (Wildman–Crippen LogP) is 2.20. The Bertz CT molecular complexity index is 349. The summed E-state index contributed by atoms with van der Waals surface area (Å²) in [6.07, 6.45) is 0.531. The van der Waals surface area contributed by atoms with Crippen molar-refractivity contribution >= 4 is 11.6 Å². The van der Waals surface area contributed by atoms with Crippen LogP contribution in [0.4, 0.5) is 5.69 Å². The number of nitrogen functional groups attached to an aromatic ring is 1. The maximum atomic E-state index is 11.5. The Hall–Kier alpha value is -1.51. The molecular formula is C12H18N2O. The zero-order chi connectivity index (χ0) is 11.4. The summed E-state index contributed by atoms with van der Waals surface area (Å²) in [5.74, 6) is 0.143. The standard InChI is InChI=1S/C12H18N2O/c1-4-12(15)14(3)9(2)10-6-5-7-11(13)8-10/h5-9H,4,13H2,1-3H3. The van der Waals surface area contributed by atoms with E-state index in [2.05, 4.69) is 0 Å². The number of nitrogens with zero attached hydrogens (tertiary/aromatic N) is 1. The second-order valence-corrected chi connectivity index (χ2v) is 3.70. The maximum absolute atomic E-state index is 11.5. The first-order valence-corrected chi connectivity index (χ1v) is 5.17. The molecule has 15 heavy (non-hydrogen) atoms. The van der Waals surface area contributed by atoms with Gasteiger partial charge < -0.3 is 10.6 Å². The Balaban J connectivity index is 2.84. The van der Waals surface area contributed by atoms with Gasteiger partial charge in [0.05, 0.1) is 6.04 Å². The average Bonchev–Trinajstić information content (AvgIpc) is 2.26. The molecule has 2 N–H and O–H groups in total. The Morgan fingerprint density at radius 2 is 2.20 bits per heavy atom. The van der Waals surface area contributed by atoms with E-state index in [-0.39, 0.29) is 11.9 Å². The molecule has 3 nitrogen and oxygen atoms in total. The summed E-state index contributed by atoms with van der Waals surface area (Å²) in [5, 5.41) is 0. The van der Waals surface area contributed by atoms with Gasteiger partial charge in [-0.3, -0.25) is 4.79 Å². The molecule has 0 aromatic heterocycles. The molecule has 0 aliphatic heterocycles. The van der Waals surface area contributed by atoms with E-state index in [1.807, 2.05) is 45.2 Å². The van der Waals surface area contributed by atoms with Crippen LogP contribution in [0, 0.1) is 0 Å². The van der Waals surface area contributed by atoms with Crippen molar-refractivity contribution in [1.82, 2.24) is 4.90 Å². The quantitative estimate of drug-likeness (QED) is 0.771. The molecule has 0 spiro atoms. The van der Waals surface area contributed by atoms with Gasteiger partial charge in [0.1, 0.15) is 0 Å². The van der Waals surface area contributed by atoms with Gasteiger partial charge in [0.15, 0.2) is 0 Å². The van der Waals surface area contributed by atoms with Crippen molar-refractivity contribution < 1.29 is 4.79 Å². The highest BCUT2D eigenvalue weighted by Crippen LogP contribution is 2.20. The number of hydrogen-bond donors (Lipinski definition) is 1. The molecule has 1 rings (SSSR count). The van der Waals surface area contributed by atoms with Crippen LogP contribution >= 0.6 is 0 Å². The third kappa shape index (κ3) is 2.72. The van der Waals surface area contributed by atoms with E-state index in [1.54, 1.807) is 4.90 Å². The molecule has 0 saturated heterocycles. The van der Waals surface area contributed by atoms with Gasteiger partial charge in [0, 0.05) is 19.2 Å². The van der Waals surface area contributed by atoms with E-state index in [4.69, 9.17) is 5.73 Å². The van der Waals surface area contributed by atoms with E-state index in [0.29, 0.717) is 6.42 Å². The van der Waals surface area contributed by atoms with Gasteiger partial charge >= 0.3 is 0 Å². The van der Waals surface area contributed by atoms with Crippen LogP contribution in [0.25, 0.3) is 0 Å².